The summed E-state index contributed by atoms with van der Waals surface area (Å²) in [5.74, 6) is 5.44. The number of aromatic nitrogens is 2. The maximum absolute atomic E-state index is 11.3. The fourth-order valence-corrected chi connectivity index (χ4v) is 1.32. The van der Waals surface area contributed by atoms with Gasteiger partial charge in [0, 0.05) is 35.9 Å². The summed E-state index contributed by atoms with van der Waals surface area (Å²) in [4.78, 5) is 19.2. The predicted molar refractivity (Wildman–Crippen MR) is 65.8 cm³/mol. The summed E-state index contributed by atoms with van der Waals surface area (Å²) in [6, 6.07) is 5.31. The number of nitrogens with zero attached hydrogens (tertiary/aromatic N) is 2. The molecule has 4 heteroatoms. The predicted octanol–water partition coefficient (Wildman–Crippen LogP) is 1.66. The molecular weight excluding hydrogens is 228 g/mol. The largest absolute Gasteiger partial charge is 0.465 e. The molecule has 2 heterocycles. The highest BCUT2D eigenvalue weighted by Gasteiger charge is 2.05. The van der Waals surface area contributed by atoms with Crippen molar-refractivity contribution in [3.05, 3.63) is 59.7 Å². The fraction of sp³-hybridized carbons (Fsp3) is 0.0714. The molecule has 0 aliphatic carbocycles. The second-order valence-corrected chi connectivity index (χ2v) is 3.45. The summed E-state index contributed by atoms with van der Waals surface area (Å²) in [6.45, 7) is 0. The van der Waals surface area contributed by atoms with E-state index in [1.165, 1.54) is 13.3 Å². The van der Waals surface area contributed by atoms with Crippen molar-refractivity contribution >= 4 is 5.97 Å². The van der Waals surface area contributed by atoms with Gasteiger partial charge in [-0.05, 0) is 18.2 Å². The van der Waals surface area contributed by atoms with Crippen LogP contribution in [0.2, 0.25) is 0 Å². The van der Waals surface area contributed by atoms with E-state index < -0.39 is 5.97 Å². The van der Waals surface area contributed by atoms with E-state index in [4.69, 9.17) is 0 Å². The normalized spacial score (nSPS) is 9.17. The lowest BCUT2D eigenvalue weighted by Gasteiger charge is -1.97. The Morgan fingerprint density at radius 1 is 1.17 bits per heavy atom. The number of rotatable bonds is 1. The Hall–Kier alpha value is -2.67. The highest BCUT2D eigenvalue weighted by Crippen LogP contribution is 2.03. The number of carbonyl (C=O) groups excluding carboxylic acids is 1. The van der Waals surface area contributed by atoms with Crippen molar-refractivity contribution in [2.45, 2.75) is 0 Å². The maximum atomic E-state index is 11.3. The van der Waals surface area contributed by atoms with Gasteiger partial charge in [-0.25, -0.2) is 4.79 Å². The van der Waals surface area contributed by atoms with Gasteiger partial charge in [0.25, 0.3) is 0 Å². The van der Waals surface area contributed by atoms with Crippen LogP contribution in [-0.4, -0.2) is 23.0 Å². The van der Waals surface area contributed by atoms with Crippen LogP contribution in [0.5, 0.6) is 0 Å². The Morgan fingerprint density at radius 3 is 2.67 bits per heavy atom. The Morgan fingerprint density at radius 2 is 1.94 bits per heavy atom. The zero-order valence-electron chi connectivity index (χ0n) is 9.75. The third-order valence-corrected chi connectivity index (χ3v) is 2.17. The molecule has 0 saturated carbocycles. The molecule has 4 nitrogen and oxygen atoms in total. The van der Waals surface area contributed by atoms with Crippen molar-refractivity contribution in [1.82, 2.24) is 9.97 Å². The minimum absolute atomic E-state index is 0.385. The molecule has 0 amide bonds. The first-order chi connectivity index (χ1) is 8.79. The van der Waals surface area contributed by atoms with Gasteiger partial charge in [0.05, 0.1) is 12.7 Å². The maximum Gasteiger partial charge on any atom is 0.339 e. The Balaban J connectivity index is 2.25. The van der Waals surface area contributed by atoms with Gasteiger partial charge in [-0.15, -0.1) is 0 Å². The van der Waals surface area contributed by atoms with Crippen molar-refractivity contribution in [2.24, 2.45) is 0 Å². The first kappa shape index (κ1) is 11.8. The van der Waals surface area contributed by atoms with Crippen LogP contribution >= 0.6 is 0 Å². The van der Waals surface area contributed by atoms with Gasteiger partial charge >= 0.3 is 5.97 Å². The molecule has 88 valence electrons. The summed E-state index contributed by atoms with van der Waals surface area (Å²) in [6.07, 6.45) is 6.39. The number of methoxy groups -OCH3 is 1. The lowest BCUT2D eigenvalue weighted by Crippen LogP contribution is -2.01. The molecule has 0 radical (unpaired) electrons. The third kappa shape index (κ3) is 2.92. The number of ether oxygens (including phenoxy) is 1. The first-order valence-electron chi connectivity index (χ1n) is 5.25. The zero-order valence-corrected chi connectivity index (χ0v) is 9.75. The molecular formula is C14H10N2O2. The first-order valence-corrected chi connectivity index (χ1v) is 5.25. The molecule has 0 spiro atoms. The molecule has 0 unspecified atom stereocenters. The number of hydrogen-bond acceptors (Lipinski definition) is 4. The molecule has 0 saturated heterocycles. The number of hydrogen-bond donors (Lipinski definition) is 0. The quantitative estimate of drug-likeness (QED) is 0.560. The van der Waals surface area contributed by atoms with E-state index in [2.05, 4.69) is 26.5 Å². The Labute approximate surface area is 105 Å². The van der Waals surface area contributed by atoms with Crippen LogP contribution in [0.25, 0.3) is 0 Å². The smallest absolute Gasteiger partial charge is 0.339 e. The lowest BCUT2D eigenvalue weighted by molar-refractivity contribution is 0.0600. The van der Waals surface area contributed by atoms with Crippen molar-refractivity contribution in [3.63, 3.8) is 0 Å². The standard InChI is InChI=1S/C14H10N2O2/c1-18-14(17)13-7-12(9-16-10-13)5-4-11-3-2-6-15-8-11/h2-3,6-10H,1H3. The van der Waals surface area contributed by atoms with Crippen LogP contribution in [0.1, 0.15) is 21.5 Å². The molecule has 2 aromatic rings. The van der Waals surface area contributed by atoms with Crippen LogP contribution in [-0.2, 0) is 4.74 Å². The summed E-state index contributed by atoms with van der Waals surface area (Å²) < 4.78 is 4.62. The summed E-state index contributed by atoms with van der Waals surface area (Å²) >= 11 is 0. The second kappa shape index (κ2) is 5.60. The average Bonchev–Trinajstić information content (AvgIpc) is 2.45. The van der Waals surface area contributed by atoms with Gasteiger partial charge in [-0.3, -0.25) is 9.97 Å². The van der Waals surface area contributed by atoms with Gasteiger partial charge in [0.2, 0.25) is 0 Å². The SMILES string of the molecule is COC(=O)c1cncc(C#Cc2cccnc2)c1. The Bertz CT molecular complexity index is 612. The fourth-order valence-electron chi connectivity index (χ4n) is 1.32. The summed E-state index contributed by atoms with van der Waals surface area (Å²) in [5.41, 5.74) is 1.85. The highest BCUT2D eigenvalue weighted by molar-refractivity contribution is 5.89. The van der Waals surface area contributed by atoms with Gasteiger partial charge in [0.1, 0.15) is 0 Å². The van der Waals surface area contributed by atoms with Gasteiger partial charge in [0.15, 0.2) is 0 Å². The van der Waals surface area contributed by atoms with Crippen molar-refractivity contribution in [1.29, 1.82) is 0 Å². The van der Waals surface area contributed by atoms with Crippen molar-refractivity contribution in [3.8, 4) is 11.8 Å². The molecule has 0 N–H and O–H groups in total. The van der Waals surface area contributed by atoms with Crippen molar-refractivity contribution < 1.29 is 9.53 Å². The molecule has 0 aromatic carbocycles. The summed E-state index contributed by atoms with van der Waals surface area (Å²) in [5, 5.41) is 0. The van der Waals surface area contributed by atoms with E-state index in [-0.39, 0.29) is 0 Å². The van der Waals surface area contributed by atoms with Crippen LogP contribution in [0, 0.1) is 11.8 Å². The number of esters is 1. The van der Waals surface area contributed by atoms with Crippen LogP contribution in [0.4, 0.5) is 0 Å². The molecule has 0 atom stereocenters. The second-order valence-electron chi connectivity index (χ2n) is 3.45. The lowest BCUT2D eigenvalue weighted by atomic mass is 10.2. The molecule has 0 bridgehead atoms. The minimum Gasteiger partial charge on any atom is -0.465 e. The third-order valence-electron chi connectivity index (χ3n) is 2.17. The summed E-state index contributed by atoms with van der Waals surface area (Å²) in [7, 11) is 1.33. The van der Waals surface area contributed by atoms with Crippen LogP contribution in [0.3, 0.4) is 0 Å². The van der Waals surface area contributed by atoms with E-state index in [1.54, 1.807) is 24.7 Å². The molecule has 2 aromatic heterocycles. The van der Waals surface area contributed by atoms with E-state index in [0.29, 0.717) is 11.1 Å². The molecule has 0 fully saturated rings. The van der Waals surface area contributed by atoms with Gasteiger partial charge in [-0.2, -0.15) is 0 Å². The topological polar surface area (TPSA) is 52.1 Å². The number of carbonyl (C=O) groups is 1. The highest BCUT2D eigenvalue weighted by atomic mass is 16.5. The van der Waals surface area contributed by atoms with E-state index in [9.17, 15) is 4.79 Å². The minimum atomic E-state index is -0.424. The monoisotopic (exact) mass is 238 g/mol. The molecule has 0 aliphatic rings. The van der Waals surface area contributed by atoms with Crippen molar-refractivity contribution in [2.75, 3.05) is 7.11 Å². The average molecular weight is 238 g/mol. The number of pyridine rings is 2. The molecule has 0 aliphatic heterocycles. The van der Waals surface area contributed by atoms with Gasteiger partial charge < -0.3 is 4.74 Å². The van der Waals surface area contributed by atoms with E-state index in [1.807, 2.05) is 12.1 Å². The van der Waals surface area contributed by atoms with E-state index in [0.717, 1.165) is 5.56 Å². The molecule has 18 heavy (non-hydrogen) atoms. The van der Waals surface area contributed by atoms with Crippen LogP contribution < -0.4 is 0 Å². The molecule has 2 rings (SSSR count). The Kier molecular flexibility index (Phi) is 3.67. The zero-order chi connectivity index (χ0) is 12.8. The van der Waals surface area contributed by atoms with Gasteiger partial charge in [-0.1, -0.05) is 11.8 Å². The van der Waals surface area contributed by atoms with E-state index >= 15 is 0 Å². The van der Waals surface area contributed by atoms with Crippen LogP contribution in [0.15, 0.2) is 43.0 Å².